The van der Waals surface area contributed by atoms with Gasteiger partial charge in [0, 0.05) is 35.5 Å². The summed E-state index contributed by atoms with van der Waals surface area (Å²) in [6.07, 6.45) is 1.44. The summed E-state index contributed by atoms with van der Waals surface area (Å²) in [6.45, 7) is 3.85. The maximum absolute atomic E-state index is 11.7. The molecule has 1 amide bonds. The van der Waals surface area contributed by atoms with Gasteiger partial charge in [-0.2, -0.15) is 4.98 Å². The number of nitrogens with two attached hydrogens (primary N) is 1. The zero-order valence-corrected chi connectivity index (χ0v) is 16.6. The largest absolute Gasteiger partial charge is 0.378 e. The molecule has 0 bridgehead atoms. The van der Waals surface area contributed by atoms with Crippen molar-refractivity contribution in [3.05, 3.63) is 58.4 Å². The molecule has 9 heteroatoms. The summed E-state index contributed by atoms with van der Waals surface area (Å²) in [7, 11) is 0. The van der Waals surface area contributed by atoms with Crippen molar-refractivity contribution in [1.29, 1.82) is 0 Å². The number of ether oxygens (including phenoxy) is 1. The number of carbonyl (C=O) groups excluding carboxylic acids is 1. The average Bonchev–Trinajstić information content (AvgIpc) is 3.27. The molecule has 4 N–H and O–H groups in total. The number of rotatable bonds is 7. The van der Waals surface area contributed by atoms with Crippen LogP contribution in [0.4, 0.5) is 23.1 Å². The minimum atomic E-state index is -0.569. The Morgan fingerprint density at radius 1 is 1.21 bits per heavy atom. The molecule has 1 saturated heterocycles. The molecule has 1 aliphatic heterocycles. The van der Waals surface area contributed by atoms with Gasteiger partial charge in [-0.25, -0.2) is 4.98 Å². The van der Waals surface area contributed by atoms with Crippen LogP contribution in [-0.2, 0) is 11.3 Å². The molecular weight excluding hydrogens is 388 g/mol. The van der Waals surface area contributed by atoms with E-state index in [-0.39, 0.29) is 5.56 Å². The van der Waals surface area contributed by atoms with E-state index in [1.165, 1.54) is 6.20 Å². The van der Waals surface area contributed by atoms with Gasteiger partial charge in [0.15, 0.2) is 0 Å². The second-order valence-electron chi connectivity index (χ2n) is 6.52. The number of morpholine rings is 1. The van der Waals surface area contributed by atoms with Crippen molar-refractivity contribution in [2.75, 3.05) is 41.8 Å². The topological polar surface area (TPSA) is 105 Å². The molecule has 1 aromatic carbocycles. The number of amides is 1. The number of thiophene rings is 1. The fourth-order valence-corrected chi connectivity index (χ4v) is 3.69. The van der Waals surface area contributed by atoms with Gasteiger partial charge in [-0.05, 0) is 35.7 Å². The molecule has 0 saturated carbocycles. The molecule has 29 heavy (non-hydrogen) atoms. The van der Waals surface area contributed by atoms with Crippen LogP contribution in [0.15, 0.2) is 48.0 Å². The van der Waals surface area contributed by atoms with Crippen molar-refractivity contribution < 1.29 is 9.53 Å². The number of carbonyl (C=O) groups is 1. The van der Waals surface area contributed by atoms with Crippen LogP contribution in [-0.4, -0.2) is 42.2 Å². The molecule has 2 aromatic heterocycles. The van der Waals surface area contributed by atoms with E-state index >= 15 is 0 Å². The van der Waals surface area contributed by atoms with Gasteiger partial charge in [-0.15, -0.1) is 11.3 Å². The fourth-order valence-electron chi connectivity index (χ4n) is 3.05. The first kappa shape index (κ1) is 19.2. The molecule has 0 aliphatic carbocycles. The van der Waals surface area contributed by atoms with Gasteiger partial charge in [-0.1, -0.05) is 6.07 Å². The molecule has 4 rings (SSSR count). The molecule has 0 radical (unpaired) electrons. The quantitative estimate of drug-likeness (QED) is 0.550. The van der Waals surface area contributed by atoms with Crippen molar-refractivity contribution in [2.45, 2.75) is 6.54 Å². The predicted octanol–water partition coefficient (Wildman–Crippen LogP) is 2.83. The lowest BCUT2D eigenvalue weighted by Gasteiger charge is -2.28. The summed E-state index contributed by atoms with van der Waals surface area (Å²) in [6, 6.07) is 12.1. The van der Waals surface area contributed by atoms with Crippen molar-refractivity contribution >= 4 is 40.4 Å². The van der Waals surface area contributed by atoms with E-state index in [2.05, 4.69) is 37.6 Å². The standard InChI is InChI=1S/C20H22N6O2S/c21-18(27)17-13-23-20(25-19(17)22-12-16-2-1-11-29-16)24-14-3-5-15(6-4-14)26-7-9-28-10-8-26/h1-6,11,13H,7-10,12H2,(H2,21,27)(H2,22,23,24,25). The highest BCUT2D eigenvalue weighted by Crippen LogP contribution is 2.22. The van der Waals surface area contributed by atoms with Crippen LogP contribution in [0.5, 0.6) is 0 Å². The monoisotopic (exact) mass is 410 g/mol. The van der Waals surface area contributed by atoms with Gasteiger partial charge in [-0.3, -0.25) is 4.79 Å². The number of hydrogen-bond acceptors (Lipinski definition) is 8. The molecule has 3 heterocycles. The number of nitrogens with one attached hydrogen (secondary N) is 2. The van der Waals surface area contributed by atoms with E-state index < -0.39 is 5.91 Å². The number of primary amides is 1. The smallest absolute Gasteiger partial charge is 0.254 e. The molecule has 3 aromatic rings. The van der Waals surface area contributed by atoms with Gasteiger partial charge in [0.2, 0.25) is 5.95 Å². The van der Waals surface area contributed by atoms with E-state index in [1.54, 1.807) is 11.3 Å². The van der Waals surface area contributed by atoms with Crippen molar-refractivity contribution in [3.8, 4) is 0 Å². The van der Waals surface area contributed by atoms with Crippen LogP contribution < -0.4 is 21.3 Å². The van der Waals surface area contributed by atoms with E-state index in [9.17, 15) is 4.79 Å². The summed E-state index contributed by atoms with van der Waals surface area (Å²) in [5.41, 5.74) is 7.74. The lowest BCUT2D eigenvalue weighted by atomic mass is 10.2. The third-order valence-corrected chi connectivity index (χ3v) is 5.44. The highest BCUT2D eigenvalue weighted by atomic mass is 32.1. The fraction of sp³-hybridized carbons (Fsp3) is 0.250. The Hall–Kier alpha value is -3.17. The highest BCUT2D eigenvalue weighted by molar-refractivity contribution is 7.09. The third kappa shape index (κ3) is 4.82. The van der Waals surface area contributed by atoms with E-state index in [1.807, 2.05) is 29.6 Å². The van der Waals surface area contributed by atoms with E-state index in [0.29, 0.717) is 18.3 Å². The summed E-state index contributed by atoms with van der Waals surface area (Å²) in [5.74, 6) is 0.233. The molecule has 0 atom stereocenters. The van der Waals surface area contributed by atoms with Crippen LogP contribution in [0.2, 0.25) is 0 Å². The van der Waals surface area contributed by atoms with Crippen LogP contribution in [0.1, 0.15) is 15.2 Å². The zero-order chi connectivity index (χ0) is 20.1. The van der Waals surface area contributed by atoms with Gasteiger partial charge < -0.3 is 26.0 Å². The highest BCUT2D eigenvalue weighted by Gasteiger charge is 2.13. The number of hydrogen-bond donors (Lipinski definition) is 3. The molecular formula is C20H22N6O2S. The third-order valence-electron chi connectivity index (χ3n) is 4.56. The molecule has 0 unspecified atom stereocenters. The summed E-state index contributed by atoms with van der Waals surface area (Å²) < 4.78 is 5.40. The molecule has 1 aliphatic rings. The van der Waals surface area contributed by atoms with Crippen LogP contribution >= 0.6 is 11.3 Å². The Bertz CT molecular complexity index is 956. The minimum Gasteiger partial charge on any atom is -0.378 e. The average molecular weight is 411 g/mol. The number of nitrogens with zero attached hydrogens (tertiary/aromatic N) is 3. The van der Waals surface area contributed by atoms with Gasteiger partial charge in [0.1, 0.15) is 5.82 Å². The maximum atomic E-state index is 11.7. The van der Waals surface area contributed by atoms with Crippen molar-refractivity contribution in [1.82, 2.24) is 9.97 Å². The lowest BCUT2D eigenvalue weighted by Crippen LogP contribution is -2.36. The summed E-state index contributed by atoms with van der Waals surface area (Å²) in [4.78, 5) is 23.8. The van der Waals surface area contributed by atoms with Crippen LogP contribution in [0.3, 0.4) is 0 Å². The summed E-state index contributed by atoms with van der Waals surface area (Å²) >= 11 is 1.63. The van der Waals surface area contributed by atoms with Crippen LogP contribution in [0.25, 0.3) is 0 Å². The SMILES string of the molecule is NC(=O)c1cnc(Nc2ccc(N3CCOCC3)cc2)nc1NCc1cccs1. The normalized spacial score (nSPS) is 13.9. The second kappa shape index (κ2) is 8.89. The first-order chi connectivity index (χ1) is 14.2. The number of benzene rings is 1. The second-order valence-corrected chi connectivity index (χ2v) is 7.56. The molecule has 8 nitrogen and oxygen atoms in total. The van der Waals surface area contributed by atoms with Crippen LogP contribution in [0, 0.1) is 0 Å². The van der Waals surface area contributed by atoms with Gasteiger partial charge in [0.25, 0.3) is 5.91 Å². The lowest BCUT2D eigenvalue weighted by molar-refractivity contribution is 0.100. The van der Waals surface area contributed by atoms with E-state index in [4.69, 9.17) is 10.5 Å². The Labute approximate surface area is 172 Å². The first-order valence-corrected chi connectivity index (χ1v) is 10.2. The molecule has 0 spiro atoms. The van der Waals surface area contributed by atoms with Crippen molar-refractivity contribution in [3.63, 3.8) is 0 Å². The summed E-state index contributed by atoms with van der Waals surface area (Å²) in [5, 5.41) is 8.35. The molecule has 150 valence electrons. The number of anilines is 4. The van der Waals surface area contributed by atoms with E-state index in [0.717, 1.165) is 42.6 Å². The minimum absolute atomic E-state index is 0.259. The maximum Gasteiger partial charge on any atom is 0.254 e. The number of aromatic nitrogens is 2. The first-order valence-electron chi connectivity index (χ1n) is 9.32. The Morgan fingerprint density at radius 2 is 2.00 bits per heavy atom. The Kier molecular flexibility index (Phi) is 5.87. The Morgan fingerprint density at radius 3 is 2.69 bits per heavy atom. The zero-order valence-electron chi connectivity index (χ0n) is 15.8. The van der Waals surface area contributed by atoms with Gasteiger partial charge in [0.05, 0.1) is 25.3 Å². The van der Waals surface area contributed by atoms with Gasteiger partial charge >= 0.3 is 0 Å². The van der Waals surface area contributed by atoms with Crippen molar-refractivity contribution in [2.24, 2.45) is 5.73 Å². The Balaban J connectivity index is 1.47. The molecule has 1 fully saturated rings. The predicted molar refractivity (Wildman–Crippen MR) is 115 cm³/mol.